The second kappa shape index (κ2) is 10.0. The van der Waals surface area contributed by atoms with Crippen molar-refractivity contribution >= 4 is 16.9 Å². The van der Waals surface area contributed by atoms with Gasteiger partial charge in [-0.3, -0.25) is 0 Å². The minimum absolute atomic E-state index is 0.0273. The van der Waals surface area contributed by atoms with E-state index in [-0.39, 0.29) is 18.2 Å². The maximum Gasteiger partial charge on any atom is 0.354 e. The third kappa shape index (κ3) is 6.13. The number of hydrogen-bond donors (Lipinski definition) is 1. The van der Waals surface area contributed by atoms with Crippen LogP contribution in [0.15, 0.2) is 18.2 Å². The molecule has 1 aliphatic carbocycles. The van der Waals surface area contributed by atoms with Crippen molar-refractivity contribution in [2.45, 2.75) is 64.6 Å². The summed E-state index contributed by atoms with van der Waals surface area (Å²) in [5, 5.41) is 0.870. The van der Waals surface area contributed by atoms with E-state index >= 15 is 0 Å². The summed E-state index contributed by atoms with van der Waals surface area (Å²) < 4.78 is 17.7. The molecule has 1 aliphatic rings. The van der Waals surface area contributed by atoms with Gasteiger partial charge in [0.25, 0.3) is 0 Å². The van der Waals surface area contributed by atoms with Crippen molar-refractivity contribution in [2.24, 2.45) is 0 Å². The molecule has 29 heavy (non-hydrogen) atoms. The highest BCUT2D eigenvalue weighted by Crippen LogP contribution is 2.34. The predicted octanol–water partition coefficient (Wildman–Crippen LogP) is 4.78. The molecule has 0 unspecified atom stereocenters. The molecule has 6 heteroatoms. The molecule has 1 saturated carbocycles. The molecule has 1 heterocycles. The molecule has 1 aromatic heterocycles. The highest BCUT2D eigenvalue weighted by Gasteiger charge is 2.19. The summed E-state index contributed by atoms with van der Waals surface area (Å²) >= 11 is 0. The summed E-state index contributed by atoms with van der Waals surface area (Å²) in [7, 11) is 4.01. The van der Waals surface area contributed by atoms with Crippen molar-refractivity contribution < 1.29 is 19.0 Å². The first kappa shape index (κ1) is 21.5. The van der Waals surface area contributed by atoms with Gasteiger partial charge in [0.2, 0.25) is 0 Å². The van der Waals surface area contributed by atoms with Crippen LogP contribution >= 0.6 is 0 Å². The largest absolute Gasteiger partial charge is 0.490 e. The van der Waals surface area contributed by atoms with Gasteiger partial charge in [-0.05, 0) is 66.1 Å². The molecule has 0 aliphatic heterocycles. The summed E-state index contributed by atoms with van der Waals surface area (Å²) in [6.07, 6.45) is 6.99. The molecule has 2 aromatic rings. The van der Waals surface area contributed by atoms with E-state index in [0.717, 1.165) is 48.2 Å². The second-order valence-corrected chi connectivity index (χ2v) is 8.40. The Morgan fingerprint density at radius 2 is 1.93 bits per heavy atom. The molecule has 0 atom stereocenters. The topological polar surface area (TPSA) is 63.8 Å². The van der Waals surface area contributed by atoms with E-state index in [2.05, 4.69) is 9.88 Å². The number of nitrogens with zero attached hydrogens (tertiary/aromatic N) is 1. The number of nitrogens with one attached hydrogen (secondary N) is 1. The molecular formula is C23H34N2O4. The Morgan fingerprint density at radius 3 is 2.62 bits per heavy atom. The Labute approximate surface area is 173 Å². The average molecular weight is 403 g/mol. The van der Waals surface area contributed by atoms with E-state index in [9.17, 15) is 4.79 Å². The van der Waals surface area contributed by atoms with Crippen LogP contribution in [0, 0.1) is 0 Å². The monoisotopic (exact) mass is 402 g/mol. The van der Waals surface area contributed by atoms with Gasteiger partial charge in [0.1, 0.15) is 17.2 Å². The maximum atomic E-state index is 12.5. The Bertz CT molecular complexity index is 807. The molecule has 0 spiro atoms. The first-order valence-corrected chi connectivity index (χ1v) is 10.7. The average Bonchev–Trinajstić information content (AvgIpc) is 3.10. The lowest BCUT2D eigenvalue weighted by Crippen LogP contribution is -2.19. The van der Waals surface area contributed by atoms with Crippen molar-refractivity contribution in [1.82, 2.24) is 9.88 Å². The number of carbonyl (C=O) groups is 1. The molecule has 160 valence electrons. The van der Waals surface area contributed by atoms with Gasteiger partial charge in [0.15, 0.2) is 0 Å². The van der Waals surface area contributed by atoms with Crippen LogP contribution in [0.3, 0.4) is 0 Å². The molecule has 1 fully saturated rings. The van der Waals surface area contributed by atoms with Crippen molar-refractivity contribution in [3.63, 3.8) is 0 Å². The quantitative estimate of drug-likeness (QED) is 0.483. The number of benzene rings is 1. The molecule has 0 saturated heterocycles. The van der Waals surface area contributed by atoms with Crippen molar-refractivity contribution in [3.05, 3.63) is 23.9 Å². The van der Waals surface area contributed by atoms with Crippen LogP contribution in [0.4, 0.5) is 0 Å². The summed E-state index contributed by atoms with van der Waals surface area (Å²) in [5.74, 6) is 1.17. The third-order valence-corrected chi connectivity index (χ3v) is 5.09. The lowest BCUT2D eigenvalue weighted by molar-refractivity contribution is 0.0487. The van der Waals surface area contributed by atoms with Crippen LogP contribution in [-0.2, 0) is 4.74 Å². The number of aromatic amines is 1. The molecule has 0 radical (unpaired) electrons. The molecule has 0 bridgehead atoms. The lowest BCUT2D eigenvalue weighted by atomic mass is 9.98. The van der Waals surface area contributed by atoms with E-state index in [1.165, 1.54) is 19.3 Å². The van der Waals surface area contributed by atoms with Gasteiger partial charge < -0.3 is 24.1 Å². The van der Waals surface area contributed by atoms with Gasteiger partial charge in [-0.1, -0.05) is 6.42 Å². The molecule has 3 rings (SSSR count). The van der Waals surface area contributed by atoms with E-state index in [1.807, 2.05) is 46.1 Å². The number of rotatable bonds is 9. The first-order chi connectivity index (χ1) is 13.9. The van der Waals surface area contributed by atoms with Gasteiger partial charge in [-0.15, -0.1) is 0 Å². The number of aromatic nitrogens is 1. The molecule has 1 aromatic carbocycles. The van der Waals surface area contributed by atoms with Crippen LogP contribution in [0.2, 0.25) is 0 Å². The van der Waals surface area contributed by atoms with Gasteiger partial charge >= 0.3 is 5.97 Å². The molecular weight excluding hydrogens is 368 g/mol. The minimum atomic E-state index is -0.342. The minimum Gasteiger partial charge on any atom is -0.490 e. The van der Waals surface area contributed by atoms with Crippen LogP contribution in [0.1, 0.15) is 62.9 Å². The standard InChI is InChI=1S/C23H34N2O4/c1-16(2)28-22-14-18(29-17-9-6-5-7-10-17)13-20-19(22)15-21(24-20)23(26)27-12-8-11-25(3)4/h13-17,24H,5-12H2,1-4H3. The predicted molar refractivity (Wildman–Crippen MR) is 115 cm³/mol. The zero-order valence-corrected chi connectivity index (χ0v) is 18.1. The zero-order chi connectivity index (χ0) is 20.8. The van der Waals surface area contributed by atoms with E-state index in [1.54, 1.807) is 0 Å². The molecule has 0 amide bonds. The number of esters is 1. The van der Waals surface area contributed by atoms with Crippen molar-refractivity contribution in [2.75, 3.05) is 27.2 Å². The highest BCUT2D eigenvalue weighted by atomic mass is 16.5. The van der Waals surface area contributed by atoms with Crippen LogP contribution < -0.4 is 9.47 Å². The maximum absolute atomic E-state index is 12.5. The summed E-state index contributed by atoms with van der Waals surface area (Å²) in [5.41, 5.74) is 1.27. The van der Waals surface area contributed by atoms with Gasteiger partial charge in [0.05, 0.1) is 24.3 Å². The summed E-state index contributed by atoms with van der Waals surface area (Å²) in [4.78, 5) is 17.7. The number of ether oxygens (including phenoxy) is 3. The van der Waals surface area contributed by atoms with Crippen LogP contribution in [0.5, 0.6) is 11.5 Å². The van der Waals surface area contributed by atoms with E-state index < -0.39 is 0 Å². The van der Waals surface area contributed by atoms with Gasteiger partial charge in [-0.2, -0.15) is 0 Å². The normalized spacial score (nSPS) is 15.2. The third-order valence-electron chi connectivity index (χ3n) is 5.09. The fourth-order valence-electron chi connectivity index (χ4n) is 3.71. The number of H-pyrrole nitrogens is 1. The SMILES string of the molecule is CC(C)Oc1cc(OC2CCCCC2)cc2[nH]c(C(=O)OCCCN(C)C)cc12. The zero-order valence-electron chi connectivity index (χ0n) is 18.1. The summed E-state index contributed by atoms with van der Waals surface area (Å²) in [6.45, 7) is 5.27. The van der Waals surface area contributed by atoms with E-state index in [4.69, 9.17) is 14.2 Å². The summed E-state index contributed by atoms with van der Waals surface area (Å²) in [6, 6.07) is 5.71. The van der Waals surface area contributed by atoms with Crippen molar-refractivity contribution in [3.8, 4) is 11.5 Å². The van der Waals surface area contributed by atoms with E-state index in [0.29, 0.717) is 12.3 Å². The van der Waals surface area contributed by atoms with Gasteiger partial charge in [-0.25, -0.2) is 4.79 Å². The van der Waals surface area contributed by atoms with Crippen LogP contribution in [-0.4, -0.2) is 55.3 Å². The Balaban J connectivity index is 1.77. The molecule has 6 nitrogen and oxygen atoms in total. The smallest absolute Gasteiger partial charge is 0.354 e. The Kier molecular flexibility index (Phi) is 7.42. The van der Waals surface area contributed by atoms with Crippen LogP contribution in [0.25, 0.3) is 10.9 Å². The fourth-order valence-corrected chi connectivity index (χ4v) is 3.71. The Morgan fingerprint density at radius 1 is 1.17 bits per heavy atom. The number of hydrogen-bond acceptors (Lipinski definition) is 5. The van der Waals surface area contributed by atoms with Crippen molar-refractivity contribution in [1.29, 1.82) is 0 Å². The number of fused-ring (bicyclic) bond motifs is 1. The second-order valence-electron chi connectivity index (χ2n) is 8.40. The highest BCUT2D eigenvalue weighted by molar-refractivity contribution is 5.97. The fraction of sp³-hybridized carbons (Fsp3) is 0.609. The first-order valence-electron chi connectivity index (χ1n) is 10.7. The number of carbonyl (C=O) groups excluding carboxylic acids is 1. The molecule has 1 N–H and O–H groups in total. The Hall–Kier alpha value is -2.21. The lowest BCUT2D eigenvalue weighted by Gasteiger charge is -2.23. The van der Waals surface area contributed by atoms with Gasteiger partial charge in [0, 0.05) is 24.1 Å².